The van der Waals surface area contributed by atoms with Gasteiger partial charge in [-0.15, -0.1) is 0 Å². The molecule has 26 heavy (non-hydrogen) atoms. The predicted molar refractivity (Wildman–Crippen MR) is 98.4 cm³/mol. The van der Waals surface area contributed by atoms with Crippen LogP contribution in [0.25, 0.3) is 10.9 Å². The minimum Gasteiger partial charge on any atom is -0.354 e. The summed E-state index contributed by atoms with van der Waals surface area (Å²) in [6.07, 6.45) is 2.17. The van der Waals surface area contributed by atoms with E-state index in [-0.39, 0.29) is 34.8 Å². The first kappa shape index (κ1) is 17.8. The maximum absolute atomic E-state index is 13.2. The van der Waals surface area contributed by atoms with Crippen LogP contribution in [0.2, 0.25) is 0 Å². The second kappa shape index (κ2) is 7.91. The summed E-state index contributed by atoms with van der Waals surface area (Å²) in [6, 6.07) is 13.8. The molecule has 1 heterocycles. The molecule has 2 aromatic carbocycles. The van der Waals surface area contributed by atoms with E-state index in [9.17, 15) is 14.0 Å². The lowest BCUT2D eigenvalue weighted by molar-refractivity contribution is -0.121. The first-order chi connectivity index (χ1) is 12.6. The minimum atomic E-state index is -0.452. The number of aromatic nitrogens is 2. The second-order valence-corrected chi connectivity index (χ2v) is 6.16. The average Bonchev–Trinajstić information content (AvgIpc) is 2.65. The van der Waals surface area contributed by atoms with Gasteiger partial charge in [-0.25, -0.2) is 9.37 Å². The highest BCUT2D eigenvalue weighted by atomic mass is 19.1. The van der Waals surface area contributed by atoms with Gasteiger partial charge in [0.2, 0.25) is 5.91 Å². The maximum Gasteiger partial charge on any atom is 0.261 e. The molecule has 0 saturated carbocycles. The number of halogens is 1. The smallest absolute Gasteiger partial charge is 0.261 e. The molecule has 1 atom stereocenters. The molecule has 3 rings (SSSR count). The molecular formula is C20H20FN3O2. The lowest BCUT2D eigenvalue weighted by Gasteiger charge is -2.16. The number of amides is 1. The number of benzene rings is 2. The fourth-order valence-electron chi connectivity index (χ4n) is 2.91. The highest BCUT2D eigenvalue weighted by molar-refractivity contribution is 5.79. The summed E-state index contributed by atoms with van der Waals surface area (Å²) in [5.41, 5.74) is 1.09. The van der Waals surface area contributed by atoms with E-state index in [1.165, 1.54) is 34.7 Å². The van der Waals surface area contributed by atoms with Crippen LogP contribution in [0, 0.1) is 5.82 Å². The van der Waals surface area contributed by atoms with Crippen molar-refractivity contribution in [3.8, 4) is 0 Å². The number of carbonyl (C=O) groups excluding carboxylic acids is 1. The third-order valence-electron chi connectivity index (χ3n) is 4.41. The average molecular weight is 353 g/mol. The lowest BCUT2D eigenvalue weighted by atomic mass is 9.96. The number of nitrogens with one attached hydrogen (secondary N) is 1. The van der Waals surface area contributed by atoms with E-state index in [0.29, 0.717) is 6.54 Å². The maximum atomic E-state index is 13.2. The van der Waals surface area contributed by atoms with Gasteiger partial charge in [0.25, 0.3) is 5.56 Å². The van der Waals surface area contributed by atoms with E-state index in [2.05, 4.69) is 17.2 Å². The van der Waals surface area contributed by atoms with Gasteiger partial charge in [-0.3, -0.25) is 14.2 Å². The van der Waals surface area contributed by atoms with E-state index in [1.54, 1.807) is 0 Å². The summed E-state index contributed by atoms with van der Waals surface area (Å²) >= 11 is 0. The van der Waals surface area contributed by atoms with Crippen LogP contribution in [0.3, 0.4) is 0 Å². The van der Waals surface area contributed by atoms with Crippen LogP contribution in [-0.4, -0.2) is 22.0 Å². The van der Waals surface area contributed by atoms with E-state index in [0.717, 1.165) is 6.42 Å². The summed E-state index contributed by atoms with van der Waals surface area (Å²) in [7, 11) is 0. The van der Waals surface area contributed by atoms with Gasteiger partial charge in [-0.2, -0.15) is 0 Å². The molecule has 5 nitrogen and oxygen atoms in total. The molecule has 0 aliphatic rings. The molecule has 1 unspecified atom stereocenters. The fourth-order valence-corrected chi connectivity index (χ4v) is 2.91. The molecule has 1 amide bonds. The Balaban J connectivity index is 1.68. The third-order valence-corrected chi connectivity index (χ3v) is 4.41. The van der Waals surface area contributed by atoms with Crippen LogP contribution < -0.4 is 10.9 Å². The molecule has 0 aliphatic carbocycles. The molecule has 0 fully saturated rings. The zero-order valence-corrected chi connectivity index (χ0v) is 14.5. The molecule has 6 heteroatoms. The van der Waals surface area contributed by atoms with Crippen LogP contribution in [0.4, 0.5) is 4.39 Å². The predicted octanol–water partition coefficient (Wildman–Crippen LogP) is 2.85. The SMILES string of the molecule is CCC(CNC(=O)Cn1cnc2cc(F)ccc2c1=O)c1ccccc1. The summed E-state index contributed by atoms with van der Waals surface area (Å²) in [5.74, 6) is -0.495. The number of rotatable bonds is 6. The largest absolute Gasteiger partial charge is 0.354 e. The Kier molecular flexibility index (Phi) is 5.41. The monoisotopic (exact) mass is 353 g/mol. The summed E-state index contributed by atoms with van der Waals surface area (Å²) < 4.78 is 14.5. The molecule has 134 valence electrons. The second-order valence-electron chi connectivity index (χ2n) is 6.16. The Hall–Kier alpha value is -3.02. The first-order valence-corrected chi connectivity index (χ1v) is 8.55. The van der Waals surface area contributed by atoms with Gasteiger partial charge >= 0.3 is 0 Å². The van der Waals surface area contributed by atoms with Crippen LogP contribution in [0.15, 0.2) is 59.7 Å². The van der Waals surface area contributed by atoms with Crippen molar-refractivity contribution in [2.75, 3.05) is 6.54 Å². The number of carbonyl (C=O) groups is 1. The normalized spacial score (nSPS) is 12.1. The third kappa shape index (κ3) is 3.96. The Morgan fingerprint density at radius 3 is 2.73 bits per heavy atom. The number of hydrogen-bond donors (Lipinski definition) is 1. The highest BCUT2D eigenvalue weighted by Crippen LogP contribution is 2.17. The minimum absolute atomic E-state index is 0.121. The van der Waals surface area contributed by atoms with Crippen molar-refractivity contribution in [1.29, 1.82) is 0 Å². The summed E-state index contributed by atoms with van der Waals surface area (Å²) in [4.78, 5) is 28.7. The molecule has 1 N–H and O–H groups in total. The van der Waals surface area contributed by atoms with Crippen LogP contribution in [-0.2, 0) is 11.3 Å². The van der Waals surface area contributed by atoms with Crippen molar-refractivity contribution >= 4 is 16.8 Å². The molecule has 0 saturated heterocycles. The Morgan fingerprint density at radius 1 is 1.23 bits per heavy atom. The van der Waals surface area contributed by atoms with E-state index in [1.807, 2.05) is 30.3 Å². The molecule has 0 radical (unpaired) electrons. The van der Waals surface area contributed by atoms with Crippen LogP contribution >= 0.6 is 0 Å². The van der Waals surface area contributed by atoms with Crippen LogP contribution in [0.1, 0.15) is 24.8 Å². The van der Waals surface area contributed by atoms with E-state index >= 15 is 0 Å². The molecule has 0 aliphatic heterocycles. The number of hydrogen-bond acceptors (Lipinski definition) is 3. The zero-order valence-electron chi connectivity index (χ0n) is 14.5. The van der Waals surface area contributed by atoms with Crippen molar-refractivity contribution in [2.45, 2.75) is 25.8 Å². The van der Waals surface area contributed by atoms with Crippen molar-refractivity contribution in [2.24, 2.45) is 0 Å². The van der Waals surface area contributed by atoms with E-state index < -0.39 is 5.82 Å². The first-order valence-electron chi connectivity index (χ1n) is 8.55. The Labute approximate surface area is 150 Å². The van der Waals surface area contributed by atoms with Gasteiger partial charge in [-0.05, 0) is 24.1 Å². The Bertz CT molecular complexity index is 970. The van der Waals surface area contributed by atoms with Crippen molar-refractivity contribution in [3.63, 3.8) is 0 Å². The number of fused-ring (bicyclic) bond motifs is 1. The fraction of sp³-hybridized carbons (Fsp3) is 0.250. The van der Waals surface area contributed by atoms with Gasteiger partial charge in [0.05, 0.1) is 17.2 Å². The van der Waals surface area contributed by atoms with Crippen molar-refractivity contribution in [3.05, 3.63) is 76.6 Å². The van der Waals surface area contributed by atoms with Gasteiger partial charge in [0, 0.05) is 18.5 Å². The van der Waals surface area contributed by atoms with Gasteiger partial charge in [0.1, 0.15) is 12.4 Å². The topological polar surface area (TPSA) is 64.0 Å². The zero-order chi connectivity index (χ0) is 18.5. The molecular weight excluding hydrogens is 333 g/mol. The Morgan fingerprint density at radius 2 is 2.00 bits per heavy atom. The van der Waals surface area contributed by atoms with Crippen molar-refractivity contribution in [1.82, 2.24) is 14.9 Å². The van der Waals surface area contributed by atoms with Gasteiger partial charge in [-0.1, -0.05) is 37.3 Å². The van der Waals surface area contributed by atoms with Crippen molar-refractivity contribution < 1.29 is 9.18 Å². The standard InChI is InChI=1S/C20H20FN3O2/c1-2-14(15-6-4-3-5-7-15)11-22-19(25)12-24-13-23-18-10-16(21)8-9-17(18)20(24)26/h3-10,13-14H,2,11-12H2,1H3,(H,22,25). The lowest BCUT2D eigenvalue weighted by Crippen LogP contribution is -2.34. The van der Waals surface area contributed by atoms with Gasteiger partial charge in [0.15, 0.2) is 0 Å². The van der Waals surface area contributed by atoms with E-state index in [4.69, 9.17) is 0 Å². The summed E-state index contributed by atoms with van der Waals surface area (Å²) in [5, 5.41) is 3.17. The number of nitrogens with zero attached hydrogens (tertiary/aromatic N) is 2. The van der Waals surface area contributed by atoms with Gasteiger partial charge < -0.3 is 5.32 Å². The molecule has 0 spiro atoms. The van der Waals surface area contributed by atoms with Crippen LogP contribution in [0.5, 0.6) is 0 Å². The summed E-state index contributed by atoms with van der Waals surface area (Å²) in [6.45, 7) is 2.45. The molecule has 3 aromatic rings. The quantitative estimate of drug-likeness (QED) is 0.741. The molecule has 1 aromatic heterocycles. The highest BCUT2D eigenvalue weighted by Gasteiger charge is 2.12. The molecule has 0 bridgehead atoms.